The molecule has 2 nitrogen and oxygen atoms in total. The standard InChI is InChI=1S/C11H22F3NO/c1-8(6-15-10(3,4)5)7-16-9(2)11(12,13)14/h8-9,15H,6-7H2,1-5H3. The monoisotopic (exact) mass is 241 g/mol. The number of ether oxygens (including phenoxy) is 1. The van der Waals surface area contributed by atoms with Gasteiger partial charge in [-0.05, 0) is 33.6 Å². The fourth-order valence-corrected chi connectivity index (χ4v) is 0.942. The molecule has 2 unspecified atom stereocenters. The summed E-state index contributed by atoms with van der Waals surface area (Å²) in [6, 6.07) is 0. The summed E-state index contributed by atoms with van der Waals surface area (Å²) < 4.78 is 41.2. The van der Waals surface area contributed by atoms with Gasteiger partial charge in [0.15, 0.2) is 6.10 Å². The number of alkyl halides is 3. The second-order valence-electron chi connectivity index (χ2n) is 5.25. The molecule has 0 aromatic rings. The molecule has 1 N–H and O–H groups in total. The van der Waals surface area contributed by atoms with Crippen molar-refractivity contribution >= 4 is 0 Å². The first-order valence-corrected chi connectivity index (χ1v) is 5.45. The van der Waals surface area contributed by atoms with Crippen molar-refractivity contribution in [2.24, 2.45) is 5.92 Å². The van der Waals surface area contributed by atoms with E-state index in [1.165, 1.54) is 0 Å². The van der Waals surface area contributed by atoms with Crippen LogP contribution in [0.4, 0.5) is 13.2 Å². The molecule has 98 valence electrons. The van der Waals surface area contributed by atoms with Gasteiger partial charge < -0.3 is 10.1 Å². The molecule has 0 rings (SSSR count). The van der Waals surface area contributed by atoms with Crippen LogP contribution in [0.3, 0.4) is 0 Å². The van der Waals surface area contributed by atoms with Crippen LogP contribution < -0.4 is 5.32 Å². The normalized spacial score (nSPS) is 17.2. The van der Waals surface area contributed by atoms with Gasteiger partial charge >= 0.3 is 6.18 Å². The molecule has 0 aliphatic rings. The highest BCUT2D eigenvalue weighted by Crippen LogP contribution is 2.22. The molecule has 0 aromatic carbocycles. The second-order valence-corrected chi connectivity index (χ2v) is 5.25. The van der Waals surface area contributed by atoms with Crippen molar-refractivity contribution in [1.29, 1.82) is 0 Å². The van der Waals surface area contributed by atoms with E-state index in [-0.39, 0.29) is 18.1 Å². The van der Waals surface area contributed by atoms with E-state index in [0.717, 1.165) is 6.92 Å². The van der Waals surface area contributed by atoms with E-state index in [1.54, 1.807) is 0 Å². The first kappa shape index (κ1) is 15.7. The van der Waals surface area contributed by atoms with Crippen LogP contribution in [-0.4, -0.2) is 31.0 Å². The number of rotatable bonds is 5. The average Bonchev–Trinajstić information content (AvgIpc) is 2.08. The minimum Gasteiger partial charge on any atom is -0.369 e. The molecule has 2 atom stereocenters. The van der Waals surface area contributed by atoms with E-state index >= 15 is 0 Å². The van der Waals surface area contributed by atoms with Crippen molar-refractivity contribution in [2.45, 2.75) is 52.4 Å². The summed E-state index contributed by atoms with van der Waals surface area (Å²) in [6.07, 6.45) is -5.96. The van der Waals surface area contributed by atoms with Gasteiger partial charge in [-0.25, -0.2) is 0 Å². The molecule has 0 saturated heterocycles. The van der Waals surface area contributed by atoms with E-state index in [1.807, 2.05) is 27.7 Å². The number of nitrogens with one attached hydrogen (secondary N) is 1. The fourth-order valence-electron chi connectivity index (χ4n) is 0.942. The molecule has 0 saturated carbocycles. The first-order chi connectivity index (χ1) is 7.02. The highest BCUT2D eigenvalue weighted by molar-refractivity contribution is 4.72. The zero-order chi connectivity index (χ0) is 13.0. The van der Waals surface area contributed by atoms with E-state index in [2.05, 4.69) is 5.32 Å². The predicted octanol–water partition coefficient (Wildman–Crippen LogP) is 2.98. The Morgan fingerprint density at radius 3 is 2.00 bits per heavy atom. The number of hydrogen-bond donors (Lipinski definition) is 1. The van der Waals surface area contributed by atoms with Crippen LogP contribution in [-0.2, 0) is 4.74 Å². The Morgan fingerprint density at radius 2 is 1.62 bits per heavy atom. The Labute approximate surface area is 95.5 Å². The maximum Gasteiger partial charge on any atom is 0.414 e. The zero-order valence-electron chi connectivity index (χ0n) is 10.6. The third-order valence-electron chi connectivity index (χ3n) is 2.07. The molecule has 0 aliphatic heterocycles. The van der Waals surface area contributed by atoms with Crippen LogP contribution in [0.5, 0.6) is 0 Å². The molecule has 0 bridgehead atoms. The largest absolute Gasteiger partial charge is 0.414 e. The van der Waals surface area contributed by atoms with Gasteiger partial charge in [-0.3, -0.25) is 0 Å². The molecule has 0 aliphatic carbocycles. The quantitative estimate of drug-likeness (QED) is 0.799. The Bertz CT molecular complexity index is 198. The minimum absolute atomic E-state index is 0.0239. The van der Waals surface area contributed by atoms with Crippen LogP contribution in [0.2, 0.25) is 0 Å². The summed E-state index contributed by atoms with van der Waals surface area (Å²) in [5, 5.41) is 3.22. The molecule has 0 fully saturated rings. The summed E-state index contributed by atoms with van der Waals surface area (Å²) in [6.45, 7) is 9.69. The van der Waals surface area contributed by atoms with Crippen LogP contribution in [0.25, 0.3) is 0 Å². The van der Waals surface area contributed by atoms with Gasteiger partial charge in [-0.15, -0.1) is 0 Å². The van der Waals surface area contributed by atoms with Gasteiger partial charge in [0.2, 0.25) is 0 Å². The van der Waals surface area contributed by atoms with Gasteiger partial charge in [-0.2, -0.15) is 13.2 Å². The van der Waals surface area contributed by atoms with Gasteiger partial charge in [-0.1, -0.05) is 6.92 Å². The van der Waals surface area contributed by atoms with Crippen LogP contribution in [0.1, 0.15) is 34.6 Å². The van der Waals surface area contributed by atoms with Crippen molar-refractivity contribution in [3.05, 3.63) is 0 Å². The fraction of sp³-hybridized carbons (Fsp3) is 1.00. The SMILES string of the molecule is CC(CNC(C)(C)C)COC(C)C(F)(F)F. The highest BCUT2D eigenvalue weighted by atomic mass is 19.4. The lowest BCUT2D eigenvalue weighted by Crippen LogP contribution is -2.40. The van der Waals surface area contributed by atoms with Gasteiger partial charge in [0.1, 0.15) is 0 Å². The smallest absolute Gasteiger partial charge is 0.369 e. The van der Waals surface area contributed by atoms with E-state index in [9.17, 15) is 13.2 Å². The van der Waals surface area contributed by atoms with Crippen LogP contribution in [0, 0.1) is 5.92 Å². The molecule has 0 amide bonds. The minimum atomic E-state index is -4.27. The molecular formula is C11H22F3NO. The Kier molecular flexibility index (Phi) is 5.76. The topological polar surface area (TPSA) is 21.3 Å². The van der Waals surface area contributed by atoms with Crippen molar-refractivity contribution in [3.63, 3.8) is 0 Å². The average molecular weight is 241 g/mol. The third-order valence-corrected chi connectivity index (χ3v) is 2.07. The zero-order valence-corrected chi connectivity index (χ0v) is 10.6. The first-order valence-electron chi connectivity index (χ1n) is 5.45. The molecule has 16 heavy (non-hydrogen) atoms. The predicted molar refractivity (Wildman–Crippen MR) is 58.4 cm³/mol. The number of hydrogen-bond acceptors (Lipinski definition) is 2. The number of halogens is 3. The lowest BCUT2D eigenvalue weighted by molar-refractivity contribution is -0.216. The Balaban J connectivity index is 3.78. The lowest BCUT2D eigenvalue weighted by atomic mass is 10.1. The maximum absolute atomic E-state index is 12.1. The van der Waals surface area contributed by atoms with Crippen LogP contribution >= 0.6 is 0 Å². The van der Waals surface area contributed by atoms with Gasteiger partial charge in [0, 0.05) is 12.1 Å². The van der Waals surface area contributed by atoms with Crippen molar-refractivity contribution < 1.29 is 17.9 Å². The van der Waals surface area contributed by atoms with Gasteiger partial charge in [0.25, 0.3) is 0 Å². The van der Waals surface area contributed by atoms with E-state index in [0.29, 0.717) is 6.54 Å². The molecule has 0 heterocycles. The molecule has 0 radical (unpaired) electrons. The summed E-state index contributed by atoms with van der Waals surface area (Å²) in [7, 11) is 0. The second kappa shape index (κ2) is 5.87. The Hall–Kier alpha value is -0.290. The van der Waals surface area contributed by atoms with E-state index in [4.69, 9.17) is 4.74 Å². The summed E-state index contributed by atoms with van der Waals surface area (Å²) in [5.74, 6) is 0.0593. The maximum atomic E-state index is 12.1. The molecule has 0 aromatic heterocycles. The molecule has 0 spiro atoms. The van der Waals surface area contributed by atoms with Crippen molar-refractivity contribution in [3.8, 4) is 0 Å². The summed E-state index contributed by atoms with van der Waals surface area (Å²) in [5.41, 5.74) is -0.0239. The van der Waals surface area contributed by atoms with Crippen molar-refractivity contribution in [1.82, 2.24) is 5.32 Å². The summed E-state index contributed by atoms with van der Waals surface area (Å²) in [4.78, 5) is 0. The van der Waals surface area contributed by atoms with Crippen molar-refractivity contribution in [2.75, 3.05) is 13.2 Å². The lowest BCUT2D eigenvalue weighted by Gasteiger charge is -2.24. The Morgan fingerprint density at radius 1 is 1.12 bits per heavy atom. The van der Waals surface area contributed by atoms with E-state index < -0.39 is 12.3 Å². The van der Waals surface area contributed by atoms with Crippen LogP contribution in [0.15, 0.2) is 0 Å². The third kappa shape index (κ3) is 7.93. The highest BCUT2D eigenvalue weighted by Gasteiger charge is 2.37. The summed E-state index contributed by atoms with van der Waals surface area (Å²) >= 11 is 0. The van der Waals surface area contributed by atoms with Gasteiger partial charge in [0.05, 0.1) is 6.61 Å². The molecule has 5 heteroatoms. The molecular weight excluding hydrogens is 219 g/mol.